The van der Waals surface area contributed by atoms with Gasteiger partial charge in [0.25, 0.3) is 0 Å². The van der Waals surface area contributed by atoms with Crippen LogP contribution in [0, 0.1) is 0 Å². The number of ether oxygens (including phenoxy) is 1. The summed E-state index contributed by atoms with van der Waals surface area (Å²) in [5.41, 5.74) is -0.134. The Hall–Kier alpha value is -0.650. The van der Waals surface area contributed by atoms with Gasteiger partial charge in [-0.15, -0.1) is 0 Å². The number of likely N-dealkylation sites (tertiary alicyclic amines) is 1. The minimum Gasteiger partial charge on any atom is -0.481 e. The van der Waals surface area contributed by atoms with Gasteiger partial charge in [0, 0.05) is 33.3 Å². The maximum atomic E-state index is 10.9. The molecule has 92 valence electrons. The molecule has 2 fully saturated rings. The smallest absolute Gasteiger partial charge is 0.305 e. The molecule has 0 spiro atoms. The maximum Gasteiger partial charge on any atom is 0.305 e. The van der Waals surface area contributed by atoms with Crippen LogP contribution in [0.25, 0.3) is 0 Å². The highest BCUT2D eigenvalue weighted by Crippen LogP contribution is 2.28. The van der Waals surface area contributed by atoms with Crippen molar-refractivity contribution < 1.29 is 14.6 Å². The predicted octanol–water partition coefficient (Wildman–Crippen LogP) is -0.0861. The van der Waals surface area contributed by atoms with Gasteiger partial charge in [0.1, 0.15) is 0 Å². The first-order valence-electron chi connectivity index (χ1n) is 5.87. The summed E-state index contributed by atoms with van der Waals surface area (Å²) in [6, 6.07) is 0. The molecular formula is C11H20N2O3. The maximum absolute atomic E-state index is 10.9. The monoisotopic (exact) mass is 228 g/mol. The van der Waals surface area contributed by atoms with Crippen molar-refractivity contribution in [3.63, 3.8) is 0 Å². The van der Waals surface area contributed by atoms with E-state index in [0.717, 1.165) is 39.0 Å². The van der Waals surface area contributed by atoms with Crippen LogP contribution in [0.4, 0.5) is 0 Å². The second-order valence-electron chi connectivity index (χ2n) is 4.82. The van der Waals surface area contributed by atoms with Gasteiger partial charge in [-0.1, -0.05) is 0 Å². The molecule has 0 radical (unpaired) electrons. The molecule has 0 aromatic carbocycles. The third kappa shape index (κ3) is 2.21. The Balaban J connectivity index is 1.93. The van der Waals surface area contributed by atoms with Crippen molar-refractivity contribution in [2.45, 2.75) is 30.9 Å². The number of nitrogens with one attached hydrogen (secondary N) is 1. The van der Waals surface area contributed by atoms with Gasteiger partial charge in [0.05, 0.1) is 18.1 Å². The normalized spacial score (nSPS) is 26.3. The van der Waals surface area contributed by atoms with Crippen molar-refractivity contribution in [1.29, 1.82) is 0 Å². The van der Waals surface area contributed by atoms with Crippen LogP contribution < -0.4 is 5.32 Å². The van der Waals surface area contributed by atoms with Gasteiger partial charge >= 0.3 is 5.97 Å². The Bertz CT molecular complexity index is 258. The van der Waals surface area contributed by atoms with E-state index in [1.807, 2.05) is 0 Å². The Morgan fingerprint density at radius 1 is 1.50 bits per heavy atom. The minimum absolute atomic E-state index is 0.134. The van der Waals surface area contributed by atoms with Crippen molar-refractivity contribution in [2.75, 3.05) is 33.3 Å². The molecule has 0 aliphatic carbocycles. The Kier molecular flexibility index (Phi) is 3.47. The fraction of sp³-hybridized carbons (Fsp3) is 0.909. The second kappa shape index (κ2) is 4.69. The molecule has 2 heterocycles. The highest BCUT2D eigenvalue weighted by Gasteiger charge is 2.45. The van der Waals surface area contributed by atoms with Crippen molar-refractivity contribution in [1.82, 2.24) is 10.2 Å². The molecule has 2 aliphatic heterocycles. The first kappa shape index (κ1) is 11.8. The molecule has 0 bridgehead atoms. The number of nitrogens with zero attached hydrogens (tertiary/aromatic N) is 1. The summed E-state index contributed by atoms with van der Waals surface area (Å²) in [5, 5.41) is 12.2. The number of carbonyl (C=O) groups is 1. The Morgan fingerprint density at radius 3 is 2.50 bits per heavy atom. The van der Waals surface area contributed by atoms with E-state index >= 15 is 0 Å². The van der Waals surface area contributed by atoms with E-state index in [-0.39, 0.29) is 12.0 Å². The molecule has 2 aliphatic rings. The molecule has 5 heteroatoms. The van der Waals surface area contributed by atoms with Gasteiger partial charge in [-0.3, -0.25) is 9.69 Å². The van der Waals surface area contributed by atoms with Crippen LogP contribution >= 0.6 is 0 Å². The summed E-state index contributed by atoms with van der Waals surface area (Å²) in [4.78, 5) is 13.2. The third-order valence-corrected chi connectivity index (χ3v) is 3.83. The van der Waals surface area contributed by atoms with Gasteiger partial charge in [0.2, 0.25) is 0 Å². The first-order valence-corrected chi connectivity index (χ1v) is 5.87. The Labute approximate surface area is 95.8 Å². The largest absolute Gasteiger partial charge is 0.481 e. The lowest BCUT2D eigenvalue weighted by Crippen LogP contribution is -2.70. The van der Waals surface area contributed by atoms with E-state index in [2.05, 4.69) is 10.2 Å². The number of methoxy groups -OCH3 is 1. The fourth-order valence-electron chi connectivity index (χ4n) is 2.72. The summed E-state index contributed by atoms with van der Waals surface area (Å²) >= 11 is 0. The lowest BCUT2D eigenvalue weighted by molar-refractivity contribution is -0.142. The number of hydrogen-bond donors (Lipinski definition) is 2. The van der Waals surface area contributed by atoms with E-state index in [9.17, 15) is 4.79 Å². The molecule has 0 amide bonds. The first-order chi connectivity index (χ1) is 7.66. The molecule has 0 aromatic rings. The van der Waals surface area contributed by atoms with Crippen LogP contribution in [-0.4, -0.2) is 60.9 Å². The predicted molar refractivity (Wildman–Crippen MR) is 59.5 cm³/mol. The van der Waals surface area contributed by atoms with Crippen LogP contribution in [-0.2, 0) is 9.53 Å². The number of aliphatic carboxylic acids is 1. The van der Waals surface area contributed by atoms with Gasteiger partial charge in [0.15, 0.2) is 0 Å². The van der Waals surface area contributed by atoms with E-state index in [1.165, 1.54) is 0 Å². The molecule has 2 saturated heterocycles. The zero-order chi connectivity index (χ0) is 11.6. The zero-order valence-electron chi connectivity index (χ0n) is 9.74. The molecule has 16 heavy (non-hydrogen) atoms. The van der Waals surface area contributed by atoms with Crippen LogP contribution in [0.3, 0.4) is 0 Å². The average molecular weight is 228 g/mol. The summed E-state index contributed by atoms with van der Waals surface area (Å²) in [7, 11) is 1.75. The highest BCUT2D eigenvalue weighted by atomic mass is 16.5. The molecule has 0 atom stereocenters. The van der Waals surface area contributed by atoms with Crippen LogP contribution in [0.1, 0.15) is 19.3 Å². The van der Waals surface area contributed by atoms with Gasteiger partial charge in [-0.25, -0.2) is 0 Å². The number of carboxylic acids is 1. The fourth-order valence-corrected chi connectivity index (χ4v) is 2.72. The number of hydrogen-bond acceptors (Lipinski definition) is 4. The summed E-state index contributed by atoms with van der Waals surface area (Å²) in [5.74, 6) is -0.699. The third-order valence-electron chi connectivity index (χ3n) is 3.83. The molecule has 0 saturated carbocycles. The van der Waals surface area contributed by atoms with Gasteiger partial charge in [-0.05, 0) is 12.8 Å². The van der Waals surface area contributed by atoms with E-state index in [4.69, 9.17) is 9.84 Å². The SMILES string of the molecule is COC1CCN(C2(CC(=O)O)CNC2)CC1. The zero-order valence-corrected chi connectivity index (χ0v) is 9.74. The topological polar surface area (TPSA) is 61.8 Å². The second-order valence-corrected chi connectivity index (χ2v) is 4.82. The molecule has 2 rings (SSSR count). The van der Waals surface area contributed by atoms with Crippen molar-refractivity contribution >= 4 is 5.97 Å². The Morgan fingerprint density at radius 2 is 2.12 bits per heavy atom. The lowest BCUT2D eigenvalue weighted by atomic mass is 9.84. The average Bonchev–Trinajstić information content (AvgIpc) is 2.23. The van der Waals surface area contributed by atoms with E-state index < -0.39 is 5.97 Å². The van der Waals surface area contributed by atoms with Crippen molar-refractivity contribution in [2.24, 2.45) is 0 Å². The van der Waals surface area contributed by atoms with Crippen LogP contribution in [0.2, 0.25) is 0 Å². The van der Waals surface area contributed by atoms with Crippen molar-refractivity contribution in [3.8, 4) is 0 Å². The molecular weight excluding hydrogens is 208 g/mol. The quantitative estimate of drug-likeness (QED) is 0.704. The minimum atomic E-state index is -0.699. The van der Waals surface area contributed by atoms with E-state index in [1.54, 1.807) is 7.11 Å². The molecule has 0 aromatic heterocycles. The number of piperidine rings is 1. The standard InChI is InChI=1S/C11H20N2O3/c1-16-9-2-4-13(5-3-9)11(6-10(14)15)7-12-8-11/h9,12H,2-8H2,1H3,(H,14,15). The van der Waals surface area contributed by atoms with Gasteiger partial charge in [-0.2, -0.15) is 0 Å². The number of carboxylic acid groups (broad SMARTS) is 1. The summed E-state index contributed by atoms with van der Waals surface area (Å²) < 4.78 is 5.33. The summed E-state index contributed by atoms with van der Waals surface area (Å²) in [6.07, 6.45) is 2.62. The number of rotatable bonds is 4. The van der Waals surface area contributed by atoms with Crippen LogP contribution in [0.15, 0.2) is 0 Å². The lowest BCUT2D eigenvalue weighted by Gasteiger charge is -2.52. The van der Waals surface area contributed by atoms with Crippen molar-refractivity contribution in [3.05, 3.63) is 0 Å². The molecule has 5 nitrogen and oxygen atoms in total. The highest BCUT2D eigenvalue weighted by molar-refractivity contribution is 5.68. The van der Waals surface area contributed by atoms with E-state index in [0.29, 0.717) is 6.10 Å². The van der Waals surface area contributed by atoms with Crippen LogP contribution in [0.5, 0.6) is 0 Å². The molecule has 2 N–H and O–H groups in total. The summed E-state index contributed by atoms with van der Waals surface area (Å²) in [6.45, 7) is 3.51. The molecule has 0 unspecified atom stereocenters. The van der Waals surface area contributed by atoms with Gasteiger partial charge < -0.3 is 15.2 Å².